The van der Waals surface area contributed by atoms with Crippen LogP contribution in [0.5, 0.6) is 0 Å². The maximum Gasteiger partial charge on any atom is 0.199 e. The lowest BCUT2D eigenvalue weighted by molar-refractivity contribution is 0.185. The van der Waals surface area contributed by atoms with E-state index in [4.69, 9.17) is 17.2 Å². The fourth-order valence-electron chi connectivity index (χ4n) is 3.62. The molecular weight excluding hydrogens is 322 g/mol. The van der Waals surface area contributed by atoms with Gasteiger partial charge in [-0.1, -0.05) is 6.07 Å². The minimum Gasteiger partial charge on any atom is -0.388 e. The number of likely N-dealkylation sites (tertiary alicyclic amines) is 1. The zero-order valence-corrected chi connectivity index (χ0v) is 14.7. The molecular formula is C17H23N5OS. The topological polar surface area (TPSA) is 59.1 Å². The lowest BCUT2D eigenvalue weighted by Gasteiger charge is -2.23. The molecule has 1 saturated carbocycles. The maximum atomic E-state index is 9.59. The largest absolute Gasteiger partial charge is 0.388 e. The fourth-order valence-corrected chi connectivity index (χ4v) is 3.97. The molecule has 1 aliphatic carbocycles. The monoisotopic (exact) mass is 345 g/mol. The van der Waals surface area contributed by atoms with Crippen LogP contribution in [-0.2, 0) is 13.3 Å². The molecule has 2 aliphatic rings. The highest BCUT2D eigenvalue weighted by Crippen LogP contribution is 2.36. The van der Waals surface area contributed by atoms with Crippen molar-refractivity contribution in [2.45, 2.75) is 58.0 Å². The van der Waals surface area contributed by atoms with Crippen molar-refractivity contribution in [2.75, 3.05) is 6.54 Å². The van der Waals surface area contributed by atoms with Crippen molar-refractivity contribution in [3.8, 4) is 0 Å². The molecule has 2 fully saturated rings. The molecule has 1 saturated heterocycles. The second kappa shape index (κ2) is 6.38. The number of aliphatic hydroxyl groups is 1. The Bertz CT molecular complexity index is 795. The van der Waals surface area contributed by atoms with Gasteiger partial charge in [0.25, 0.3) is 0 Å². The third-order valence-corrected chi connectivity index (χ3v) is 5.33. The van der Waals surface area contributed by atoms with E-state index in [1.807, 2.05) is 22.2 Å². The highest BCUT2D eigenvalue weighted by Gasteiger charge is 2.31. The summed E-state index contributed by atoms with van der Waals surface area (Å²) < 4.78 is 4.63. The average Bonchev–Trinajstić information content (AvgIpc) is 3.22. The highest BCUT2D eigenvalue weighted by molar-refractivity contribution is 7.71. The summed E-state index contributed by atoms with van der Waals surface area (Å²) in [6.07, 6.45) is 4.53. The average molecular weight is 345 g/mol. The molecule has 0 aromatic carbocycles. The molecule has 24 heavy (non-hydrogen) atoms. The summed E-state index contributed by atoms with van der Waals surface area (Å²) in [6, 6.07) is 6.96. The summed E-state index contributed by atoms with van der Waals surface area (Å²) in [5, 5.41) is 14.1. The van der Waals surface area contributed by atoms with E-state index in [-0.39, 0.29) is 6.61 Å². The Labute approximate surface area is 146 Å². The molecule has 1 aliphatic heterocycles. The predicted octanol–water partition coefficient (Wildman–Crippen LogP) is 2.74. The van der Waals surface area contributed by atoms with E-state index in [0.717, 1.165) is 48.4 Å². The number of nitrogens with zero attached hydrogens (tertiary/aromatic N) is 5. The SMILES string of the molecule is Cc1cccc(C2CCCN2Cn2nc(CO)n(C3CC3)c2=S)n1. The number of aliphatic hydroxyl groups excluding tert-OH is 1. The normalized spacial score (nSPS) is 21.5. The molecule has 0 spiro atoms. The number of aryl methyl sites for hydroxylation is 1. The molecule has 3 heterocycles. The first-order valence-corrected chi connectivity index (χ1v) is 9.05. The maximum absolute atomic E-state index is 9.59. The van der Waals surface area contributed by atoms with E-state index in [1.165, 1.54) is 0 Å². The van der Waals surface area contributed by atoms with E-state index in [9.17, 15) is 5.11 Å². The van der Waals surface area contributed by atoms with Crippen LogP contribution in [0.3, 0.4) is 0 Å². The minimum atomic E-state index is -0.0595. The minimum absolute atomic E-state index is 0.0595. The van der Waals surface area contributed by atoms with Crippen LogP contribution < -0.4 is 0 Å². The van der Waals surface area contributed by atoms with Crippen molar-refractivity contribution in [2.24, 2.45) is 0 Å². The molecule has 7 heteroatoms. The van der Waals surface area contributed by atoms with Crippen molar-refractivity contribution in [1.29, 1.82) is 0 Å². The number of pyridine rings is 1. The molecule has 1 unspecified atom stereocenters. The molecule has 0 amide bonds. The zero-order valence-electron chi connectivity index (χ0n) is 13.9. The van der Waals surface area contributed by atoms with Crippen LogP contribution in [0.25, 0.3) is 0 Å². The van der Waals surface area contributed by atoms with Crippen LogP contribution in [0.4, 0.5) is 0 Å². The van der Waals surface area contributed by atoms with Gasteiger partial charge in [0.15, 0.2) is 10.6 Å². The van der Waals surface area contributed by atoms with E-state index in [0.29, 0.717) is 24.6 Å². The van der Waals surface area contributed by atoms with Crippen molar-refractivity contribution in [3.05, 3.63) is 40.2 Å². The molecule has 128 valence electrons. The second-order valence-electron chi connectivity index (χ2n) is 6.77. The fraction of sp³-hybridized carbons (Fsp3) is 0.588. The van der Waals surface area contributed by atoms with Gasteiger partial charge in [-0.15, -0.1) is 0 Å². The van der Waals surface area contributed by atoms with Gasteiger partial charge in [0.05, 0.1) is 18.4 Å². The van der Waals surface area contributed by atoms with Gasteiger partial charge in [-0.2, -0.15) is 5.10 Å². The summed E-state index contributed by atoms with van der Waals surface area (Å²) in [5.74, 6) is 0.687. The van der Waals surface area contributed by atoms with Crippen molar-refractivity contribution in [1.82, 2.24) is 24.2 Å². The number of aromatic nitrogens is 4. The number of hydrogen-bond donors (Lipinski definition) is 1. The molecule has 1 atom stereocenters. The lowest BCUT2D eigenvalue weighted by atomic mass is 10.1. The molecule has 0 bridgehead atoms. The van der Waals surface area contributed by atoms with Crippen LogP contribution in [0.15, 0.2) is 18.2 Å². The van der Waals surface area contributed by atoms with Crippen LogP contribution in [0, 0.1) is 11.7 Å². The summed E-state index contributed by atoms with van der Waals surface area (Å²) >= 11 is 5.62. The Morgan fingerprint density at radius 1 is 1.29 bits per heavy atom. The van der Waals surface area contributed by atoms with Gasteiger partial charge in [0.1, 0.15) is 6.61 Å². The van der Waals surface area contributed by atoms with Gasteiger partial charge >= 0.3 is 0 Å². The second-order valence-corrected chi connectivity index (χ2v) is 7.14. The third kappa shape index (κ3) is 2.92. The van der Waals surface area contributed by atoms with Gasteiger partial charge in [0, 0.05) is 18.3 Å². The van der Waals surface area contributed by atoms with Crippen molar-refractivity contribution in [3.63, 3.8) is 0 Å². The van der Waals surface area contributed by atoms with Crippen LogP contribution >= 0.6 is 12.2 Å². The summed E-state index contributed by atoms with van der Waals surface area (Å²) in [4.78, 5) is 7.10. The van der Waals surface area contributed by atoms with E-state index < -0.39 is 0 Å². The zero-order chi connectivity index (χ0) is 16.7. The first-order valence-electron chi connectivity index (χ1n) is 8.64. The first kappa shape index (κ1) is 15.9. The molecule has 0 radical (unpaired) electrons. The van der Waals surface area contributed by atoms with Gasteiger partial charge in [-0.3, -0.25) is 14.5 Å². The number of hydrogen-bond acceptors (Lipinski definition) is 5. The van der Waals surface area contributed by atoms with E-state index in [1.54, 1.807) is 0 Å². The lowest BCUT2D eigenvalue weighted by Crippen LogP contribution is -2.27. The smallest absolute Gasteiger partial charge is 0.199 e. The standard InChI is InChI=1S/C17H23N5OS/c1-12-4-2-5-14(18-12)15-6-3-9-20(15)11-21-17(24)22(13-7-8-13)16(10-23)19-21/h2,4-5,13,15,23H,3,6-11H2,1H3. The Kier molecular flexibility index (Phi) is 4.24. The van der Waals surface area contributed by atoms with Gasteiger partial charge in [0.2, 0.25) is 0 Å². The van der Waals surface area contributed by atoms with Crippen molar-refractivity contribution >= 4 is 12.2 Å². The van der Waals surface area contributed by atoms with E-state index >= 15 is 0 Å². The summed E-state index contributed by atoms with van der Waals surface area (Å²) in [7, 11) is 0. The van der Waals surface area contributed by atoms with Gasteiger partial charge in [-0.25, -0.2) is 4.68 Å². The first-order chi connectivity index (χ1) is 11.7. The molecule has 6 nitrogen and oxygen atoms in total. The quantitative estimate of drug-likeness (QED) is 0.845. The van der Waals surface area contributed by atoms with Gasteiger partial charge in [-0.05, 0) is 57.0 Å². The predicted molar refractivity (Wildman–Crippen MR) is 92.9 cm³/mol. The molecule has 1 N–H and O–H groups in total. The Hall–Kier alpha value is -1.57. The molecule has 2 aromatic heterocycles. The van der Waals surface area contributed by atoms with Crippen LogP contribution in [0.2, 0.25) is 0 Å². The van der Waals surface area contributed by atoms with Crippen LogP contribution in [0.1, 0.15) is 55.0 Å². The van der Waals surface area contributed by atoms with Gasteiger partial charge < -0.3 is 5.11 Å². The van der Waals surface area contributed by atoms with Crippen LogP contribution in [-0.4, -0.2) is 35.9 Å². The van der Waals surface area contributed by atoms with E-state index in [2.05, 4.69) is 22.1 Å². The molecule has 2 aromatic rings. The highest BCUT2D eigenvalue weighted by atomic mass is 32.1. The van der Waals surface area contributed by atoms with Crippen molar-refractivity contribution < 1.29 is 5.11 Å². The Balaban J connectivity index is 1.59. The third-order valence-electron chi connectivity index (χ3n) is 4.93. The molecule has 4 rings (SSSR count). The summed E-state index contributed by atoms with van der Waals surface area (Å²) in [5.41, 5.74) is 2.18. The summed E-state index contributed by atoms with van der Waals surface area (Å²) in [6.45, 7) is 3.65. The Morgan fingerprint density at radius 3 is 2.83 bits per heavy atom. The number of rotatable bonds is 5. The Morgan fingerprint density at radius 2 is 2.12 bits per heavy atom.